The summed E-state index contributed by atoms with van der Waals surface area (Å²) in [6.45, 7) is 3.17. The molecule has 0 aliphatic carbocycles. The number of nitrogens with zero attached hydrogens (tertiary/aromatic N) is 3. The molecule has 29 heavy (non-hydrogen) atoms. The molecule has 2 amide bonds. The minimum Gasteiger partial charge on any atom is -0.487 e. The third kappa shape index (κ3) is 3.81. The summed E-state index contributed by atoms with van der Waals surface area (Å²) in [5.74, 6) is 0.285. The highest BCUT2D eigenvalue weighted by Crippen LogP contribution is 2.33. The predicted octanol–water partition coefficient (Wildman–Crippen LogP) is 3.00. The van der Waals surface area contributed by atoms with E-state index in [9.17, 15) is 14.0 Å². The molecule has 0 saturated carbocycles. The Hall–Kier alpha value is -2.96. The lowest BCUT2D eigenvalue weighted by atomic mass is 9.96. The van der Waals surface area contributed by atoms with Gasteiger partial charge in [0.15, 0.2) is 6.17 Å². The number of alkyl halides is 1. The van der Waals surface area contributed by atoms with E-state index in [0.717, 1.165) is 28.8 Å². The average Bonchev–Trinajstić information content (AvgIpc) is 3.20. The number of pyridine rings is 1. The van der Waals surface area contributed by atoms with Crippen LogP contribution in [-0.4, -0.2) is 54.1 Å². The van der Waals surface area contributed by atoms with E-state index in [0.29, 0.717) is 25.3 Å². The van der Waals surface area contributed by atoms with Crippen molar-refractivity contribution < 1.29 is 18.7 Å². The SMILES string of the molecule is CCC(=O)N1CC[C@@H](Oc2cncc(-c3ccc4c(c3)CC(F)C(=O)N4C)c2)C1. The van der Waals surface area contributed by atoms with Gasteiger partial charge in [0, 0.05) is 50.3 Å². The number of ether oxygens (including phenoxy) is 1. The normalized spacial score (nSPS) is 21.3. The molecule has 152 valence electrons. The first-order valence-corrected chi connectivity index (χ1v) is 9.90. The molecule has 0 bridgehead atoms. The van der Waals surface area contributed by atoms with Crippen molar-refractivity contribution in [1.82, 2.24) is 9.88 Å². The second kappa shape index (κ2) is 7.81. The van der Waals surface area contributed by atoms with Gasteiger partial charge in [0.2, 0.25) is 5.91 Å². The van der Waals surface area contributed by atoms with Crippen LogP contribution in [-0.2, 0) is 16.0 Å². The molecule has 2 aromatic rings. The van der Waals surface area contributed by atoms with Crippen LogP contribution in [0.4, 0.5) is 10.1 Å². The lowest BCUT2D eigenvalue weighted by molar-refractivity contribution is -0.130. The van der Waals surface area contributed by atoms with E-state index >= 15 is 0 Å². The summed E-state index contributed by atoms with van der Waals surface area (Å²) in [6, 6.07) is 7.55. The number of hydrogen-bond acceptors (Lipinski definition) is 4. The number of rotatable bonds is 4. The van der Waals surface area contributed by atoms with Crippen LogP contribution in [0.1, 0.15) is 25.3 Å². The van der Waals surface area contributed by atoms with Crippen molar-refractivity contribution in [3.05, 3.63) is 42.2 Å². The third-order valence-corrected chi connectivity index (χ3v) is 5.59. The van der Waals surface area contributed by atoms with Gasteiger partial charge in [-0.1, -0.05) is 13.0 Å². The molecule has 1 aromatic carbocycles. The van der Waals surface area contributed by atoms with Crippen molar-refractivity contribution >= 4 is 17.5 Å². The fraction of sp³-hybridized carbons (Fsp3) is 0.409. The van der Waals surface area contributed by atoms with E-state index in [1.807, 2.05) is 36.1 Å². The maximum atomic E-state index is 14.0. The largest absolute Gasteiger partial charge is 0.487 e. The summed E-state index contributed by atoms with van der Waals surface area (Å²) in [4.78, 5) is 31.2. The van der Waals surface area contributed by atoms with Gasteiger partial charge in [-0.3, -0.25) is 14.6 Å². The molecule has 6 nitrogen and oxygen atoms in total. The fourth-order valence-electron chi connectivity index (χ4n) is 3.97. The molecular formula is C22H24FN3O3. The maximum Gasteiger partial charge on any atom is 0.261 e. The Bertz CT molecular complexity index is 949. The van der Waals surface area contributed by atoms with Gasteiger partial charge in [0.25, 0.3) is 5.91 Å². The van der Waals surface area contributed by atoms with Gasteiger partial charge >= 0.3 is 0 Å². The number of amides is 2. The fourth-order valence-corrected chi connectivity index (χ4v) is 3.97. The number of fused-ring (bicyclic) bond motifs is 1. The molecule has 1 fully saturated rings. The highest BCUT2D eigenvalue weighted by molar-refractivity contribution is 5.99. The zero-order valence-corrected chi connectivity index (χ0v) is 16.6. The first-order chi connectivity index (χ1) is 14.0. The first kappa shape index (κ1) is 19.4. The zero-order chi connectivity index (χ0) is 20.5. The highest BCUT2D eigenvalue weighted by atomic mass is 19.1. The standard InChI is InChI=1S/C22H24FN3O3/c1-3-21(27)26-7-6-17(13-26)29-18-9-16(11-24-12-18)14-4-5-20-15(8-14)10-19(23)22(28)25(20)2/h4-5,8-9,11-12,17,19H,3,6-7,10,13H2,1-2H3/t17-,19?/m1/s1. The van der Waals surface area contributed by atoms with Crippen molar-refractivity contribution in [3.63, 3.8) is 0 Å². The lowest BCUT2D eigenvalue weighted by Gasteiger charge is -2.28. The molecule has 4 rings (SSSR count). The molecule has 0 radical (unpaired) electrons. The van der Waals surface area contributed by atoms with E-state index in [1.54, 1.807) is 19.4 Å². The lowest BCUT2D eigenvalue weighted by Crippen LogP contribution is -2.39. The summed E-state index contributed by atoms with van der Waals surface area (Å²) in [5.41, 5.74) is 3.29. The summed E-state index contributed by atoms with van der Waals surface area (Å²) in [5, 5.41) is 0. The van der Waals surface area contributed by atoms with E-state index in [4.69, 9.17) is 4.74 Å². The Balaban J connectivity index is 1.52. The van der Waals surface area contributed by atoms with E-state index < -0.39 is 12.1 Å². The van der Waals surface area contributed by atoms with Crippen LogP contribution < -0.4 is 9.64 Å². The summed E-state index contributed by atoms with van der Waals surface area (Å²) >= 11 is 0. The van der Waals surface area contributed by atoms with Crippen molar-refractivity contribution in [2.75, 3.05) is 25.0 Å². The number of halogens is 1. The van der Waals surface area contributed by atoms with Crippen LogP contribution in [0.2, 0.25) is 0 Å². The number of hydrogen-bond donors (Lipinski definition) is 0. The van der Waals surface area contributed by atoms with Crippen molar-refractivity contribution in [1.29, 1.82) is 0 Å². The number of likely N-dealkylation sites (tertiary alicyclic amines) is 1. The van der Waals surface area contributed by atoms with Gasteiger partial charge in [0.1, 0.15) is 11.9 Å². The van der Waals surface area contributed by atoms with E-state index in [-0.39, 0.29) is 18.4 Å². The molecule has 1 saturated heterocycles. The number of anilines is 1. The van der Waals surface area contributed by atoms with Crippen molar-refractivity contribution in [2.45, 2.75) is 38.5 Å². The predicted molar refractivity (Wildman–Crippen MR) is 108 cm³/mol. The van der Waals surface area contributed by atoms with Gasteiger partial charge in [-0.2, -0.15) is 0 Å². The van der Waals surface area contributed by atoms with Gasteiger partial charge in [-0.25, -0.2) is 4.39 Å². The number of benzene rings is 1. The topological polar surface area (TPSA) is 62.7 Å². The van der Waals surface area contributed by atoms with Gasteiger partial charge in [-0.05, 0) is 29.3 Å². The Morgan fingerprint density at radius 1 is 1.28 bits per heavy atom. The second-order valence-electron chi connectivity index (χ2n) is 7.54. The van der Waals surface area contributed by atoms with Crippen LogP contribution in [0, 0.1) is 0 Å². The summed E-state index contributed by atoms with van der Waals surface area (Å²) < 4.78 is 20.0. The van der Waals surface area contributed by atoms with Crippen LogP contribution in [0.25, 0.3) is 11.1 Å². The minimum atomic E-state index is -1.51. The Kier molecular flexibility index (Phi) is 5.22. The van der Waals surface area contributed by atoms with E-state index in [2.05, 4.69) is 4.98 Å². The molecule has 1 aromatic heterocycles. The van der Waals surface area contributed by atoms with Crippen LogP contribution >= 0.6 is 0 Å². The smallest absolute Gasteiger partial charge is 0.261 e. The molecule has 1 unspecified atom stereocenters. The quantitative estimate of drug-likeness (QED) is 0.796. The van der Waals surface area contributed by atoms with Crippen LogP contribution in [0.15, 0.2) is 36.7 Å². The molecule has 2 atom stereocenters. The molecule has 0 spiro atoms. The van der Waals surface area contributed by atoms with Crippen molar-refractivity contribution in [2.24, 2.45) is 0 Å². The Morgan fingerprint density at radius 2 is 2.10 bits per heavy atom. The Morgan fingerprint density at radius 3 is 2.90 bits per heavy atom. The third-order valence-electron chi connectivity index (χ3n) is 5.59. The Labute approximate surface area is 169 Å². The van der Waals surface area contributed by atoms with Gasteiger partial charge in [0.05, 0.1) is 12.7 Å². The monoisotopic (exact) mass is 397 g/mol. The van der Waals surface area contributed by atoms with Gasteiger partial charge in [-0.15, -0.1) is 0 Å². The maximum absolute atomic E-state index is 14.0. The van der Waals surface area contributed by atoms with Crippen LogP contribution in [0.3, 0.4) is 0 Å². The summed E-state index contributed by atoms with van der Waals surface area (Å²) in [6.07, 6.45) is 3.23. The zero-order valence-electron chi connectivity index (χ0n) is 16.6. The molecule has 7 heteroatoms. The average molecular weight is 397 g/mol. The first-order valence-electron chi connectivity index (χ1n) is 9.90. The molecule has 0 N–H and O–H groups in total. The van der Waals surface area contributed by atoms with Crippen LogP contribution in [0.5, 0.6) is 5.75 Å². The molecule has 2 aliphatic rings. The summed E-state index contributed by atoms with van der Waals surface area (Å²) in [7, 11) is 1.59. The minimum absolute atomic E-state index is 0.0435. The highest BCUT2D eigenvalue weighted by Gasteiger charge is 2.30. The van der Waals surface area contributed by atoms with Gasteiger partial charge < -0.3 is 14.5 Å². The molecule has 3 heterocycles. The van der Waals surface area contributed by atoms with Crippen molar-refractivity contribution in [3.8, 4) is 16.9 Å². The number of aromatic nitrogens is 1. The number of carbonyl (C=O) groups excluding carboxylic acids is 2. The second-order valence-corrected chi connectivity index (χ2v) is 7.54. The molecule has 2 aliphatic heterocycles. The molecular weight excluding hydrogens is 373 g/mol. The van der Waals surface area contributed by atoms with E-state index in [1.165, 1.54) is 4.90 Å². The number of carbonyl (C=O) groups is 2.